The van der Waals surface area contributed by atoms with Gasteiger partial charge in [-0.3, -0.25) is 14.4 Å². The molecule has 3 amide bonds. The summed E-state index contributed by atoms with van der Waals surface area (Å²) < 4.78 is 12.1. The predicted molar refractivity (Wildman–Crippen MR) is 117 cm³/mol. The topological polar surface area (TPSA) is 97.0 Å². The molecule has 0 radical (unpaired) electrons. The summed E-state index contributed by atoms with van der Waals surface area (Å²) in [6.45, 7) is 4.91. The molecule has 3 rings (SSSR count). The molecule has 8 nitrogen and oxygen atoms in total. The molecule has 31 heavy (non-hydrogen) atoms. The minimum Gasteiger partial charge on any atom is -0.490 e. The molecule has 0 spiro atoms. The van der Waals surface area contributed by atoms with Crippen molar-refractivity contribution < 1.29 is 23.9 Å². The van der Waals surface area contributed by atoms with Crippen molar-refractivity contribution in [1.29, 1.82) is 0 Å². The van der Waals surface area contributed by atoms with Gasteiger partial charge in [-0.2, -0.15) is 0 Å². The Labute approximate surface area is 183 Å². The van der Waals surface area contributed by atoms with E-state index in [-0.39, 0.29) is 36.0 Å². The minimum absolute atomic E-state index is 0.00973. The van der Waals surface area contributed by atoms with Crippen molar-refractivity contribution in [3.05, 3.63) is 23.8 Å². The van der Waals surface area contributed by atoms with Crippen LogP contribution in [0.2, 0.25) is 0 Å². The number of anilines is 1. The molecule has 0 unspecified atom stereocenters. The number of benzene rings is 1. The maximum absolute atomic E-state index is 13.2. The minimum atomic E-state index is -0.302. The van der Waals surface area contributed by atoms with Gasteiger partial charge in [0.25, 0.3) is 5.91 Å². The second-order valence-electron chi connectivity index (χ2n) is 8.23. The standard InChI is InChI=1S/C23H33N3O5/c1-4-6-21(27)25-15-7-10-19-17(12-15)23(29)26(3)18-9-8-16(31-20(18)14-30-19)13-22(28)24-11-5-2/h7,10,12,16,18,20H,4-6,8-9,11,13-14H2,1-3H3,(H,24,28)(H,25,27)/t16-,18+,20+/m0/s1. The molecule has 0 aliphatic carbocycles. The first kappa shape index (κ1) is 23.1. The van der Waals surface area contributed by atoms with Crippen molar-refractivity contribution in [2.45, 2.75) is 70.6 Å². The van der Waals surface area contributed by atoms with Gasteiger partial charge in [0, 0.05) is 25.7 Å². The van der Waals surface area contributed by atoms with Gasteiger partial charge in [-0.05, 0) is 43.9 Å². The Bertz CT molecular complexity index is 812. The van der Waals surface area contributed by atoms with Crippen molar-refractivity contribution in [1.82, 2.24) is 10.2 Å². The number of nitrogens with one attached hydrogen (secondary N) is 2. The molecule has 2 aliphatic heterocycles. The number of carbonyl (C=O) groups is 3. The van der Waals surface area contributed by atoms with Crippen LogP contribution in [0.25, 0.3) is 0 Å². The molecule has 2 heterocycles. The first-order chi connectivity index (χ1) is 14.9. The van der Waals surface area contributed by atoms with Gasteiger partial charge in [-0.25, -0.2) is 0 Å². The molecule has 1 fully saturated rings. The van der Waals surface area contributed by atoms with Crippen LogP contribution < -0.4 is 15.4 Å². The SMILES string of the molecule is CCCNC(=O)C[C@@H]1CC[C@@H]2[C@@H](COc3ccc(NC(=O)CCC)cc3C(=O)N2C)O1. The second kappa shape index (κ2) is 10.6. The van der Waals surface area contributed by atoms with Crippen LogP contribution in [0.3, 0.4) is 0 Å². The van der Waals surface area contributed by atoms with E-state index < -0.39 is 0 Å². The summed E-state index contributed by atoms with van der Waals surface area (Å²) in [7, 11) is 1.77. The number of fused-ring (bicyclic) bond motifs is 2. The van der Waals surface area contributed by atoms with Crippen LogP contribution in [0.4, 0.5) is 5.69 Å². The highest BCUT2D eigenvalue weighted by atomic mass is 16.5. The van der Waals surface area contributed by atoms with Gasteiger partial charge < -0.3 is 25.0 Å². The first-order valence-corrected chi connectivity index (χ1v) is 11.2. The lowest BCUT2D eigenvalue weighted by Crippen LogP contribution is -2.54. The average Bonchev–Trinajstić information content (AvgIpc) is 2.75. The van der Waals surface area contributed by atoms with E-state index in [1.807, 2.05) is 13.8 Å². The maximum atomic E-state index is 13.2. The zero-order valence-electron chi connectivity index (χ0n) is 18.6. The highest BCUT2D eigenvalue weighted by Crippen LogP contribution is 2.32. The molecule has 0 saturated carbocycles. The monoisotopic (exact) mass is 431 g/mol. The van der Waals surface area contributed by atoms with Crippen LogP contribution in [-0.4, -0.2) is 61.1 Å². The zero-order valence-corrected chi connectivity index (χ0v) is 18.6. The van der Waals surface area contributed by atoms with Crippen LogP contribution >= 0.6 is 0 Å². The third-order valence-corrected chi connectivity index (χ3v) is 5.76. The van der Waals surface area contributed by atoms with Gasteiger partial charge in [0.1, 0.15) is 18.5 Å². The molecule has 1 saturated heterocycles. The fourth-order valence-corrected chi connectivity index (χ4v) is 4.10. The van der Waals surface area contributed by atoms with E-state index in [1.165, 1.54) is 0 Å². The fraction of sp³-hybridized carbons (Fsp3) is 0.609. The Hall–Kier alpha value is -2.61. The third kappa shape index (κ3) is 5.76. The molecule has 1 aromatic rings. The quantitative estimate of drug-likeness (QED) is 0.692. The highest BCUT2D eigenvalue weighted by Gasteiger charge is 2.39. The first-order valence-electron chi connectivity index (χ1n) is 11.2. The third-order valence-electron chi connectivity index (χ3n) is 5.76. The van der Waals surface area contributed by atoms with Crippen molar-refractivity contribution >= 4 is 23.4 Å². The van der Waals surface area contributed by atoms with Gasteiger partial charge in [0.15, 0.2) is 0 Å². The number of nitrogens with zero attached hydrogens (tertiary/aromatic N) is 1. The van der Waals surface area contributed by atoms with Crippen molar-refractivity contribution in [3.8, 4) is 5.75 Å². The van der Waals surface area contributed by atoms with E-state index >= 15 is 0 Å². The largest absolute Gasteiger partial charge is 0.490 e. The molecule has 3 atom stereocenters. The van der Waals surface area contributed by atoms with E-state index in [0.29, 0.717) is 49.4 Å². The summed E-state index contributed by atoms with van der Waals surface area (Å²) in [5, 5.41) is 5.72. The Morgan fingerprint density at radius 3 is 2.71 bits per heavy atom. The highest BCUT2D eigenvalue weighted by molar-refractivity contribution is 5.99. The molecule has 1 aromatic carbocycles. The molecule has 8 heteroatoms. The number of hydrogen-bond donors (Lipinski definition) is 2. The number of hydrogen-bond acceptors (Lipinski definition) is 5. The van der Waals surface area contributed by atoms with Gasteiger partial charge in [0.05, 0.1) is 24.1 Å². The lowest BCUT2D eigenvalue weighted by molar-refractivity contribution is -0.134. The molecule has 2 aliphatic rings. The van der Waals surface area contributed by atoms with Gasteiger partial charge in [0.2, 0.25) is 11.8 Å². The summed E-state index contributed by atoms with van der Waals surface area (Å²) >= 11 is 0. The van der Waals surface area contributed by atoms with Gasteiger partial charge >= 0.3 is 0 Å². The molecule has 170 valence electrons. The van der Waals surface area contributed by atoms with Crippen LogP contribution in [0.15, 0.2) is 18.2 Å². The van der Waals surface area contributed by atoms with Gasteiger partial charge in [-0.15, -0.1) is 0 Å². The average molecular weight is 432 g/mol. The Kier molecular flexibility index (Phi) is 7.90. The summed E-state index contributed by atoms with van der Waals surface area (Å²) in [5.74, 6) is 0.212. The van der Waals surface area contributed by atoms with Crippen molar-refractivity contribution in [2.24, 2.45) is 0 Å². The normalized spacial score (nSPS) is 23.0. The summed E-state index contributed by atoms with van der Waals surface area (Å²) in [6.07, 6.45) is 3.36. The van der Waals surface area contributed by atoms with Crippen molar-refractivity contribution in [2.75, 3.05) is 25.5 Å². The van der Waals surface area contributed by atoms with E-state index in [1.54, 1.807) is 30.1 Å². The van der Waals surface area contributed by atoms with Crippen molar-refractivity contribution in [3.63, 3.8) is 0 Å². The maximum Gasteiger partial charge on any atom is 0.257 e. The van der Waals surface area contributed by atoms with E-state index in [2.05, 4.69) is 10.6 Å². The predicted octanol–water partition coefficient (Wildman–Crippen LogP) is 2.72. The molecular weight excluding hydrogens is 398 g/mol. The lowest BCUT2D eigenvalue weighted by Gasteiger charge is -2.42. The smallest absolute Gasteiger partial charge is 0.257 e. The Morgan fingerprint density at radius 1 is 1.16 bits per heavy atom. The molecule has 2 N–H and O–H groups in total. The summed E-state index contributed by atoms with van der Waals surface area (Å²) in [6, 6.07) is 4.99. The molecule has 0 bridgehead atoms. The summed E-state index contributed by atoms with van der Waals surface area (Å²) in [5.41, 5.74) is 1.01. The van der Waals surface area contributed by atoms with Crippen LogP contribution in [0.1, 0.15) is 62.7 Å². The fourth-order valence-electron chi connectivity index (χ4n) is 4.10. The second-order valence-corrected chi connectivity index (χ2v) is 8.23. The zero-order chi connectivity index (χ0) is 22.4. The van der Waals surface area contributed by atoms with E-state index in [0.717, 1.165) is 19.3 Å². The number of amides is 3. The van der Waals surface area contributed by atoms with Gasteiger partial charge in [-0.1, -0.05) is 13.8 Å². The molecule has 0 aromatic heterocycles. The number of likely N-dealkylation sites (N-methyl/N-ethyl adjacent to an activating group) is 1. The Morgan fingerprint density at radius 2 is 1.97 bits per heavy atom. The number of ether oxygens (including phenoxy) is 2. The van der Waals surface area contributed by atoms with Crippen LogP contribution in [-0.2, 0) is 14.3 Å². The Balaban J connectivity index is 1.71. The number of rotatable bonds is 7. The summed E-state index contributed by atoms with van der Waals surface area (Å²) in [4.78, 5) is 38.9. The number of carbonyl (C=O) groups excluding carboxylic acids is 3. The van der Waals surface area contributed by atoms with Crippen LogP contribution in [0.5, 0.6) is 5.75 Å². The lowest BCUT2D eigenvalue weighted by atomic mass is 9.94. The van der Waals surface area contributed by atoms with Crippen LogP contribution in [0, 0.1) is 0 Å². The van der Waals surface area contributed by atoms with E-state index in [4.69, 9.17) is 9.47 Å². The molecular formula is C23H33N3O5. The van der Waals surface area contributed by atoms with E-state index in [9.17, 15) is 14.4 Å².